The number of amides is 1. The molecule has 2 aromatic rings. The first-order valence-electron chi connectivity index (χ1n) is 8.05. The summed E-state index contributed by atoms with van der Waals surface area (Å²) >= 11 is 5.97. The van der Waals surface area contributed by atoms with Crippen molar-refractivity contribution in [3.8, 4) is 0 Å². The van der Waals surface area contributed by atoms with Gasteiger partial charge in [0.1, 0.15) is 5.15 Å². The van der Waals surface area contributed by atoms with Crippen molar-refractivity contribution in [1.29, 1.82) is 0 Å². The summed E-state index contributed by atoms with van der Waals surface area (Å²) in [7, 11) is 0. The molecule has 1 fully saturated rings. The topological polar surface area (TPSA) is 59.5 Å². The van der Waals surface area contributed by atoms with Gasteiger partial charge in [-0.25, -0.2) is 9.78 Å². The van der Waals surface area contributed by atoms with E-state index in [0.29, 0.717) is 22.4 Å². The van der Waals surface area contributed by atoms with Crippen molar-refractivity contribution >= 4 is 34.4 Å². The Labute approximate surface area is 145 Å². The molecule has 5 nitrogen and oxygen atoms in total. The molecule has 0 N–H and O–H groups in total. The van der Waals surface area contributed by atoms with Crippen LogP contribution in [0.1, 0.15) is 30.1 Å². The van der Waals surface area contributed by atoms with E-state index < -0.39 is 5.97 Å². The SMILES string of the molecule is CC1CCN(C(=O)COC(=O)c2cc(Cl)nc3ccccc23)CC1. The summed E-state index contributed by atoms with van der Waals surface area (Å²) in [6.07, 6.45) is 1.98. The third-order valence-electron chi connectivity index (χ3n) is 4.37. The zero-order valence-corrected chi connectivity index (χ0v) is 14.3. The predicted molar refractivity (Wildman–Crippen MR) is 92.0 cm³/mol. The van der Waals surface area contributed by atoms with Gasteiger partial charge < -0.3 is 9.64 Å². The minimum absolute atomic E-state index is 0.153. The number of carbonyl (C=O) groups excluding carboxylic acids is 2. The first-order valence-corrected chi connectivity index (χ1v) is 8.42. The van der Waals surface area contributed by atoms with Crippen LogP contribution in [0.15, 0.2) is 30.3 Å². The van der Waals surface area contributed by atoms with Crippen LogP contribution in [0.25, 0.3) is 10.9 Å². The summed E-state index contributed by atoms with van der Waals surface area (Å²) in [4.78, 5) is 30.5. The van der Waals surface area contributed by atoms with Crippen molar-refractivity contribution in [3.05, 3.63) is 41.0 Å². The predicted octanol–water partition coefficient (Wildman–Crippen LogP) is 3.30. The van der Waals surface area contributed by atoms with Gasteiger partial charge in [-0.1, -0.05) is 36.7 Å². The molecule has 6 heteroatoms. The van der Waals surface area contributed by atoms with Gasteiger partial charge in [0.05, 0.1) is 11.1 Å². The number of likely N-dealkylation sites (tertiary alicyclic amines) is 1. The van der Waals surface area contributed by atoms with E-state index in [1.54, 1.807) is 17.0 Å². The van der Waals surface area contributed by atoms with Crippen molar-refractivity contribution in [3.63, 3.8) is 0 Å². The van der Waals surface area contributed by atoms with Gasteiger partial charge in [-0.15, -0.1) is 0 Å². The summed E-state index contributed by atoms with van der Waals surface area (Å²) in [5.41, 5.74) is 0.943. The number of aromatic nitrogens is 1. The van der Waals surface area contributed by atoms with Crippen LogP contribution in [-0.2, 0) is 9.53 Å². The Balaban J connectivity index is 1.68. The van der Waals surface area contributed by atoms with Gasteiger partial charge in [0, 0.05) is 18.5 Å². The van der Waals surface area contributed by atoms with Crippen LogP contribution in [0.3, 0.4) is 0 Å². The van der Waals surface area contributed by atoms with Crippen LogP contribution in [0, 0.1) is 5.92 Å². The third-order valence-corrected chi connectivity index (χ3v) is 4.56. The monoisotopic (exact) mass is 346 g/mol. The molecule has 1 aliphatic rings. The fourth-order valence-corrected chi connectivity index (χ4v) is 3.07. The molecule has 3 rings (SSSR count). The molecule has 0 saturated carbocycles. The van der Waals surface area contributed by atoms with Gasteiger partial charge in [0.15, 0.2) is 6.61 Å². The van der Waals surface area contributed by atoms with Crippen LogP contribution in [0.2, 0.25) is 5.15 Å². The molecule has 0 radical (unpaired) electrons. The Morgan fingerprint density at radius 2 is 2.00 bits per heavy atom. The number of hydrogen-bond acceptors (Lipinski definition) is 4. The van der Waals surface area contributed by atoms with Gasteiger partial charge in [-0.05, 0) is 30.9 Å². The highest BCUT2D eigenvalue weighted by Gasteiger charge is 2.22. The summed E-state index contributed by atoms with van der Waals surface area (Å²) in [6, 6.07) is 8.66. The number of piperidine rings is 1. The normalized spacial score (nSPS) is 15.5. The fraction of sp³-hybridized carbons (Fsp3) is 0.389. The zero-order chi connectivity index (χ0) is 17.1. The number of hydrogen-bond donors (Lipinski definition) is 0. The average Bonchev–Trinajstić information content (AvgIpc) is 2.59. The van der Waals surface area contributed by atoms with E-state index in [1.165, 1.54) is 6.07 Å². The number of pyridine rings is 1. The van der Waals surface area contributed by atoms with E-state index in [2.05, 4.69) is 11.9 Å². The molecule has 1 amide bonds. The maximum atomic E-state index is 12.4. The minimum Gasteiger partial charge on any atom is -0.452 e. The lowest BCUT2D eigenvalue weighted by Gasteiger charge is -2.30. The van der Waals surface area contributed by atoms with Crippen molar-refractivity contribution in [2.45, 2.75) is 19.8 Å². The Hall–Kier alpha value is -2.14. The summed E-state index contributed by atoms with van der Waals surface area (Å²) in [5.74, 6) is -0.0733. The quantitative estimate of drug-likeness (QED) is 0.632. The summed E-state index contributed by atoms with van der Waals surface area (Å²) in [6.45, 7) is 3.38. The molecular formula is C18H19ClN2O3. The number of nitrogens with zero attached hydrogens (tertiary/aromatic N) is 2. The number of halogens is 1. The molecule has 0 atom stereocenters. The van der Waals surface area contributed by atoms with E-state index >= 15 is 0 Å². The molecule has 2 heterocycles. The summed E-state index contributed by atoms with van der Waals surface area (Å²) < 4.78 is 5.22. The fourth-order valence-electron chi connectivity index (χ4n) is 2.87. The smallest absolute Gasteiger partial charge is 0.339 e. The Morgan fingerprint density at radius 1 is 1.29 bits per heavy atom. The molecule has 0 bridgehead atoms. The van der Waals surface area contributed by atoms with Gasteiger partial charge in [-0.2, -0.15) is 0 Å². The number of carbonyl (C=O) groups is 2. The van der Waals surface area contributed by atoms with E-state index in [1.807, 2.05) is 12.1 Å². The van der Waals surface area contributed by atoms with Crippen molar-refractivity contribution in [1.82, 2.24) is 9.88 Å². The van der Waals surface area contributed by atoms with Crippen molar-refractivity contribution in [2.24, 2.45) is 5.92 Å². The number of rotatable bonds is 3. The molecule has 0 aliphatic carbocycles. The average molecular weight is 347 g/mol. The van der Waals surface area contributed by atoms with Crippen LogP contribution in [0.5, 0.6) is 0 Å². The zero-order valence-electron chi connectivity index (χ0n) is 13.5. The van der Waals surface area contributed by atoms with Crippen LogP contribution >= 0.6 is 11.6 Å². The lowest BCUT2D eigenvalue weighted by atomic mass is 9.99. The van der Waals surface area contributed by atoms with Crippen molar-refractivity contribution in [2.75, 3.05) is 19.7 Å². The molecule has 1 saturated heterocycles. The number of ether oxygens (including phenoxy) is 1. The van der Waals surface area contributed by atoms with Gasteiger partial charge in [-0.3, -0.25) is 4.79 Å². The van der Waals surface area contributed by atoms with E-state index in [9.17, 15) is 9.59 Å². The summed E-state index contributed by atoms with van der Waals surface area (Å²) in [5, 5.41) is 0.878. The maximum absolute atomic E-state index is 12.4. The lowest BCUT2D eigenvalue weighted by molar-refractivity contribution is -0.135. The second-order valence-corrected chi connectivity index (χ2v) is 6.54. The number of benzene rings is 1. The molecule has 1 aliphatic heterocycles. The Morgan fingerprint density at radius 3 is 2.75 bits per heavy atom. The Kier molecular flexibility index (Phi) is 5.00. The van der Waals surface area contributed by atoms with E-state index in [-0.39, 0.29) is 17.7 Å². The van der Waals surface area contributed by atoms with Gasteiger partial charge in [0.25, 0.3) is 5.91 Å². The van der Waals surface area contributed by atoms with Gasteiger partial charge in [0.2, 0.25) is 0 Å². The third kappa shape index (κ3) is 3.67. The number of fused-ring (bicyclic) bond motifs is 1. The van der Waals surface area contributed by atoms with Crippen LogP contribution < -0.4 is 0 Å². The second-order valence-electron chi connectivity index (χ2n) is 6.15. The van der Waals surface area contributed by atoms with Gasteiger partial charge >= 0.3 is 5.97 Å². The molecule has 0 unspecified atom stereocenters. The molecule has 24 heavy (non-hydrogen) atoms. The second kappa shape index (κ2) is 7.18. The first-order chi connectivity index (χ1) is 11.5. The van der Waals surface area contributed by atoms with E-state index in [4.69, 9.17) is 16.3 Å². The number of esters is 1. The van der Waals surface area contributed by atoms with E-state index in [0.717, 1.165) is 25.9 Å². The standard InChI is InChI=1S/C18H19ClN2O3/c1-12-6-8-21(9-7-12)17(22)11-24-18(23)14-10-16(19)20-15-5-3-2-4-13(14)15/h2-5,10,12H,6-9,11H2,1H3. The highest BCUT2D eigenvalue weighted by molar-refractivity contribution is 6.30. The highest BCUT2D eigenvalue weighted by atomic mass is 35.5. The maximum Gasteiger partial charge on any atom is 0.339 e. The molecular weight excluding hydrogens is 328 g/mol. The van der Waals surface area contributed by atoms with Crippen LogP contribution in [-0.4, -0.2) is 41.5 Å². The number of para-hydroxylation sites is 1. The molecule has 0 spiro atoms. The Bertz CT molecular complexity index is 770. The van der Waals surface area contributed by atoms with Crippen LogP contribution in [0.4, 0.5) is 0 Å². The molecule has 1 aromatic carbocycles. The highest BCUT2D eigenvalue weighted by Crippen LogP contribution is 2.22. The molecule has 1 aromatic heterocycles. The van der Waals surface area contributed by atoms with Crippen molar-refractivity contribution < 1.29 is 14.3 Å². The first kappa shape index (κ1) is 16.7. The minimum atomic E-state index is -0.561. The largest absolute Gasteiger partial charge is 0.452 e. The lowest BCUT2D eigenvalue weighted by Crippen LogP contribution is -2.40. The molecule has 126 valence electrons.